The minimum atomic E-state index is -0.137. The molecule has 4 fully saturated rings. The fourth-order valence-corrected chi connectivity index (χ4v) is 6.52. The molecule has 5 heteroatoms. The van der Waals surface area contributed by atoms with E-state index in [-0.39, 0.29) is 23.2 Å². The van der Waals surface area contributed by atoms with Crippen LogP contribution in [0.4, 0.5) is 0 Å². The summed E-state index contributed by atoms with van der Waals surface area (Å²) in [6.45, 7) is 5.20. The van der Waals surface area contributed by atoms with Crippen molar-refractivity contribution in [3.05, 3.63) is 35.4 Å². The van der Waals surface area contributed by atoms with E-state index in [4.69, 9.17) is 4.74 Å². The highest BCUT2D eigenvalue weighted by Crippen LogP contribution is 2.65. The molecule has 4 saturated carbocycles. The molecule has 0 heterocycles. The van der Waals surface area contributed by atoms with Crippen LogP contribution >= 0.6 is 12.4 Å². The lowest BCUT2D eigenvalue weighted by Crippen LogP contribution is -2.59. The second-order valence-corrected chi connectivity index (χ2v) is 9.39. The Morgan fingerprint density at radius 2 is 1.75 bits per heavy atom. The van der Waals surface area contributed by atoms with E-state index in [0.717, 1.165) is 44.2 Å². The van der Waals surface area contributed by atoms with E-state index in [2.05, 4.69) is 41.8 Å². The van der Waals surface area contributed by atoms with Crippen LogP contribution in [0.15, 0.2) is 24.3 Å². The molecule has 2 N–H and O–H groups in total. The summed E-state index contributed by atoms with van der Waals surface area (Å²) < 4.78 is 5.04. The van der Waals surface area contributed by atoms with Gasteiger partial charge in [-0.25, -0.2) is 0 Å². The average Bonchev–Trinajstić information content (AvgIpc) is 2.64. The first kappa shape index (κ1) is 21.6. The zero-order valence-electron chi connectivity index (χ0n) is 17.3. The topological polar surface area (TPSA) is 50.4 Å². The standard InChI is InChI=1S/C23H34N2O2.ClH/c1-17-3-5-20(6-4-17)22-12-18-11-19(13-22)15-23(14-18,16-22)21(26)25-8-7-24-9-10-27-2;/h3-6,18-19,24H,7-16H2,1-2H3,(H,25,26);1H. The zero-order chi connectivity index (χ0) is 18.9. The zero-order valence-corrected chi connectivity index (χ0v) is 18.1. The van der Waals surface area contributed by atoms with Crippen LogP contribution in [0, 0.1) is 24.2 Å². The number of hydrogen-bond acceptors (Lipinski definition) is 3. The molecular formula is C23H35ClN2O2. The molecule has 0 spiro atoms. The van der Waals surface area contributed by atoms with Crippen molar-refractivity contribution in [1.82, 2.24) is 10.6 Å². The molecule has 4 nitrogen and oxygen atoms in total. The number of rotatable bonds is 8. The monoisotopic (exact) mass is 406 g/mol. The Kier molecular flexibility index (Phi) is 6.73. The first-order valence-electron chi connectivity index (χ1n) is 10.6. The number of benzene rings is 1. The summed E-state index contributed by atoms with van der Waals surface area (Å²) in [6, 6.07) is 9.14. The van der Waals surface area contributed by atoms with Gasteiger partial charge in [0.2, 0.25) is 5.91 Å². The van der Waals surface area contributed by atoms with E-state index in [1.165, 1.54) is 30.4 Å². The van der Waals surface area contributed by atoms with Crippen molar-refractivity contribution in [2.75, 3.05) is 33.4 Å². The van der Waals surface area contributed by atoms with Gasteiger partial charge in [-0.15, -0.1) is 12.4 Å². The second kappa shape index (κ2) is 8.73. The molecule has 4 bridgehead atoms. The minimum absolute atomic E-state index is 0. The van der Waals surface area contributed by atoms with Gasteiger partial charge in [0.15, 0.2) is 0 Å². The van der Waals surface area contributed by atoms with Gasteiger partial charge >= 0.3 is 0 Å². The van der Waals surface area contributed by atoms with E-state index in [1.807, 2.05) is 0 Å². The lowest BCUT2D eigenvalue weighted by Gasteiger charge is -2.61. The molecule has 5 rings (SSSR count). The van der Waals surface area contributed by atoms with E-state index >= 15 is 0 Å². The lowest BCUT2D eigenvalue weighted by atomic mass is 9.42. The number of methoxy groups -OCH3 is 1. The molecule has 0 aromatic heterocycles. The SMILES string of the molecule is COCCNCCNC(=O)C12CC3CC(C1)CC(c1ccc(C)cc1)(C3)C2.Cl. The third-order valence-corrected chi connectivity index (χ3v) is 7.28. The maximum atomic E-state index is 13.2. The number of amides is 1. The van der Waals surface area contributed by atoms with E-state index in [1.54, 1.807) is 7.11 Å². The molecule has 28 heavy (non-hydrogen) atoms. The minimum Gasteiger partial charge on any atom is -0.383 e. The Morgan fingerprint density at radius 3 is 2.39 bits per heavy atom. The fourth-order valence-electron chi connectivity index (χ4n) is 6.52. The van der Waals surface area contributed by atoms with Crippen LogP contribution in [0.25, 0.3) is 0 Å². The molecule has 1 aromatic rings. The van der Waals surface area contributed by atoms with Gasteiger partial charge in [0, 0.05) is 26.7 Å². The number of ether oxygens (including phenoxy) is 1. The van der Waals surface area contributed by atoms with Crippen LogP contribution in [0.5, 0.6) is 0 Å². The molecule has 4 aliphatic rings. The van der Waals surface area contributed by atoms with Gasteiger partial charge in [-0.2, -0.15) is 0 Å². The highest BCUT2D eigenvalue weighted by molar-refractivity contribution is 5.85. The van der Waals surface area contributed by atoms with Gasteiger partial charge in [-0.05, 0) is 68.3 Å². The van der Waals surface area contributed by atoms with Crippen molar-refractivity contribution in [1.29, 1.82) is 0 Å². The Morgan fingerprint density at radius 1 is 1.07 bits per heavy atom. The maximum Gasteiger partial charge on any atom is 0.226 e. The number of aryl methyl sites for hydroxylation is 1. The Hall–Kier alpha value is -1.10. The van der Waals surface area contributed by atoms with Crippen molar-refractivity contribution in [3.8, 4) is 0 Å². The summed E-state index contributed by atoms with van der Waals surface area (Å²) in [7, 11) is 1.71. The summed E-state index contributed by atoms with van der Waals surface area (Å²) in [5.41, 5.74) is 2.88. The summed E-state index contributed by atoms with van der Waals surface area (Å²) >= 11 is 0. The number of hydrogen-bond donors (Lipinski definition) is 2. The molecule has 0 saturated heterocycles. The highest BCUT2D eigenvalue weighted by atomic mass is 35.5. The van der Waals surface area contributed by atoms with Crippen LogP contribution < -0.4 is 10.6 Å². The number of halogens is 1. The first-order valence-corrected chi connectivity index (χ1v) is 10.6. The summed E-state index contributed by atoms with van der Waals surface area (Å²) in [6.07, 6.45) is 7.13. The predicted molar refractivity (Wildman–Crippen MR) is 115 cm³/mol. The Labute approximate surface area is 175 Å². The van der Waals surface area contributed by atoms with Crippen LogP contribution in [-0.2, 0) is 14.9 Å². The smallest absolute Gasteiger partial charge is 0.226 e. The largest absolute Gasteiger partial charge is 0.383 e. The molecule has 4 aliphatic carbocycles. The summed E-state index contributed by atoms with van der Waals surface area (Å²) in [5.74, 6) is 1.75. The summed E-state index contributed by atoms with van der Waals surface area (Å²) in [4.78, 5) is 13.2. The van der Waals surface area contributed by atoms with Crippen molar-refractivity contribution >= 4 is 18.3 Å². The van der Waals surface area contributed by atoms with E-state index in [9.17, 15) is 4.79 Å². The van der Waals surface area contributed by atoms with Crippen LogP contribution in [0.1, 0.15) is 49.7 Å². The normalized spacial score (nSPS) is 32.8. The molecule has 1 aromatic carbocycles. The quantitative estimate of drug-likeness (QED) is 0.648. The third-order valence-electron chi connectivity index (χ3n) is 7.28. The van der Waals surface area contributed by atoms with Crippen LogP contribution in [-0.4, -0.2) is 39.3 Å². The van der Waals surface area contributed by atoms with E-state index < -0.39 is 0 Å². The molecule has 0 radical (unpaired) electrons. The van der Waals surface area contributed by atoms with Gasteiger partial charge < -0.3 is 15.4 Å². The molecule has 0 aliphatic heterocycles. The van der Waals surface area contributed by atoms with Crippen LogP contribution in [0.2, 0.25) is 0 Å². The maximum absolute atomic E-state index is 13.2. The van der Waals surface area contributed by atoms with Gasteiger partial charge in [0.1, 0.15) is 0 Å². The third kappa shape index (κ3) is 4.10. The second-order valence-electron chi connectivity index (χ2n) is 9.39. The molecule has 2 atom stereocenters. The molecule has 1 amide bonds. The van der Waals surface area contributed by atoms with Gasteiger partial charge in [-0.1, -0.05) is 29.8 Å². The van der Waals surface area contributed by atoms with Crippen molar-refractivity contribution in [2.45, 2.75) is 50.9 Å². The number of carbonyl (C=O) groups excluding carboxylic acids is 1. The lowest BCUT2D eigenvalue weighted by molar-refractivity contribution is -0.149. The summed E-state index contributed by atoms with van der Waals surface area (Å²) in [5, 5.41) is 6.57. The average molecular weight is 407 g/mol. The number of carbonyl (C=O) groups is 1. The highest BCUT2D eigenvalue weighted by Gasteiger charge is 2.60. The van der Waals surface area contributed by atoms with E-state index in [0.29, 0.717) is 19.1 Å². The van der Waals surface area contributed by atoms with Crippen molar-refractivity contribution < 1.29 is 9.53 Å². The molecule has 2 unspecified atom stereocenters. The Balaban J connectivity index is 0.00000225. The first-order chi connectivity index (χ1) is 13.1. The number of nitrogens with one attached hydrogen (secondary N) is 2. The van der Waals surface area contributed by atoms with Gasteiger partial charge in [-0.3, -0.25) is 4.79 Å². The predicted octanol–water partition coefficient (Wildman–Crippen LogP) is 3.61. The Bertz CT molecular complexity index is 662. The molecule has 156 valence electrons. The van der Waals surface area contributed by atoms with Gasteiger partial charge in [0.05, 0.1) is 12.0 Å². The van der Waals surface area contributed by atoms with Gasteiger partial charge in [0.25, 0.3) is 0 Å². The van der Waals surface area contributed by atoms with Crippen molar-refractivity contribution in [3.63, 3.8) is 0 Å². The van der Waals surface area contributed by atoms with Crippen LogP contribution in [0.3, 0.4) is 0 Å². The molecular weight excluding hydrogens is 372 g/mol. The van der Waals surface area contributed by atoms with Crippen molar-refractivity contribution in [2.24, 2.45) is 17.3 Å². The fraction of sp³-hybridized carbons (Fsp3) is 0.696.